The number of hydrogen-bond acceptors (Lipinski definition) is 5. The number of nitrogens with zero attached hydrogens (tertiary/aromatic N) is 2. The van der Waals surface area contributed by atoms with E-state index in [9.17, 15) is 18.0 Å². The maximum Gasteiger partial charge on any atom is 0.273 e. The van der Waals surface area contributed by atoms with Crippen LogP contribution >= 0.6 is 0 Å². The Kier molecular flexibility index (Phi) is 6.05. The molecule has 0 aliphatic carbocycles. The summed E-state index contributed by atoms with van der Waals surface area (Å²) in [7, 11) is -2.39. The smallest absolute Gasteiger partial charge is 0.273 e. The summed E-state index contributed by atoms with van der Waals surface area (Å²) in [5.41, 5.74) is 2.53. The third kappa shape index (κ3) is 4.99. The minimum absolute atomic E-state index is 0.100. The van der Waals surface area contributed by atoms with Gasteiger partial charge in [-0.25, -0.2) is 13.1 Å². The molecule has 0 spiro atoms. The predicted octanol–water partition coefficient (Wildman–Crippen LogP) is 3.46. The number of amides is 2. The molecule has 0 saturated carbocycles. The second-order valence-corrected chi connectivity index (χ2v) is 8.87. The summed E-state index contributed by atoms with van der Waals surface area (Å²) in [4.78, 5) is 24.8. The maximum absolute atomic E-state index is 12.7. The highest BCUT2D eigenvalue weighted by molar-refractivity contribution is 7.90. The van der Waals surface area contributed by atoms with Crippen molar-refractivity contribution in [2.75, 3.05) is 5.32 Å². The predicted molar refractivity (Wildman–Crippen MR) is 124 cm³/mol. The van der Waals surface area contributed by atoms with E-state index in [0.717, 1.165) is 5.56 Å². The lowest BCUT2D eigenvalue weighted by Crippen LogP contribution is -2.30. The van der Waals surface area contributed by atoms with E-state index in [1.807, 2.05) is 35.1 Å². The van der Waals surface area contributed by atoms with Crippen molar-refractivity contribution in [1.29, 1.82) is 0 Å². The Bertz CT molecular complexity index is 1400. The number of sulfonamides is 1. The fourth-order valence-corrected chi connectivity index (χ4v) is 4.15. The van der Waals surface area contributed by atoms with Crippen molar-refractivity contribution >= 4 is 27.5 Å². The Morgan fingerprint density at radius 2 is 1.42 bits per heavy atom. The first kappa shape index (κ1) is 22.0. The second-order valence-electron chi connectivity index (χ2n) is 7.18. The Morgan fingerprint density at radius 1 is 0.818 bits per heavy atom. The summed E-state index contributed by atoms with van der Waals surface area (Å²) < 4.78 is 28.6. The van der Waals surface area contributed by atoms with Crippen LogP contribution in [0.2, 0.25) is 0 Å². The minimum Gasteiger partial charge on any atom is -0.321 e. The van der Waals surface area contributed by atoms with Crippen molar-refractivity contribution in [3.05, 3.63) is 102 Å². The minimum atomic E-state index is -4.07. The van der Waals surface area contributed by atoms with E-state index in [1.165, 1.54) is 41.1 Å². The monoisotopic (exact) mass is 460 g/mol. The van der Waals surface area contributed by atoms with E-state index in [-0.39, 0.29) is 16.4 Å². The number of hydrogen-bond donors (Lipinski definition) is 2. The van der Waals surface area contributed by atoms with Crippen LogP contribution in [0, 0.1) is 0 Å². The van der Waals surface area contributed by atoms with Gasteiger partial charge in [-0.05, 0) is 42.5 Å². The van der Waals surface area contributed by atoms with Gasteiger partial charge in [-0.1, -0.05) is 48.5 Å². The summed E-state index contributed by atoms with van der Waals surface area (Å²) in [6.07, 6.45) is 0. The Hall–Kier alpha value is -4.24. The standard InChI is InChI=1S/C24H20N4O4S/c1-28-22(16-21(26-28)17-8-4-2-5-9-17)24(30)25-19-12-14-20(15-13-19)33(31,32)27-23(29)18-10-6-3-7-11-18/h2-16H,1H3,(H,25,30)(H,27,29). The zero-order chi connectivity index (χ0) is 23.4. The summed E-state index contributed by atoms with van der Waals surface area (Å²) in [6, 6.07) is 24.8. The van der Waals surface area contributed by atoms with Gasteiger partial charge < -0.3 is 5.32 Å². The molecule has 4 aromatic rings. The van der Waals surface area contributed by atoms with E-state index >= 15 is 0 Å². The van der Waals surface area contributed by atoms with E-state index in [1.54, 1.807) is 31.3 Å². The maximum atomic E-state index is 12.7. The van der Waals surface area contributed by atoms with Crippen LogP contribution in [-0.4, -0.2) is 30.0 Å². The molecule has 9 heteroatoms. The van der Waals surface area contributed by atoms with E-state index in [0.29, 0.717) is 17.1 Å². The highest BCUT2D eigenvalue weighted by Gasteiger charge is 2.19. The molecule has 0 fully saturated rings. The molecule has 3 aromatic carbocycles. The van der Waals surface area contributed by atoms with Crippen LogP contribution in [0.4, 0.5) is 5.69 Å². The van der Waals surface area contributed by atoms with Crippen molar-refractivity contribution in [3.63, 3.8) is 0 Å². The molecular weight excluding hydrogens is 440 g/mol. The summed E-state index contributed by atoms with van der Waals surface area (Å²) in [6.45, 7) is 0. The molecule has 1 aromatic heterocycles. The van der Waals surface area contributed by atoms with Crippen molar-refractivity contribution in [2.45, 2.75) is 4.90 Å². The van der Waals surface area contributed by atoms with Crippen LogP contribution in [0.1, 0.15) is 20.8 Å². The molecule has 2 amide bonds. The Morgan fingerprint density at radius 3 is 2.06 bits per heavy atom. The van der Waals surface area contributed by atoms with Crippen LogP contribution in [0.25, 0.3) is 11.3 Å². The van der Waals surface area contributed by atoms with Gasteiger partial charge in [-0.3, -0.25) is 14.3 Å². The van der Waals surface area contributed by atoms with Crippen molar-refractivity contribution in [2.24, 2.45) is 7.05 Å². The lowest BCUT2D eigenvalue weighted by Gasteiger charge is -2.09. The highest BCUT2D eigenvalue weighted by atomic mass is 32.2. The van der Waals surface area contributed by atoms with Gasteiger partial charge in [0.2, 0.25) is 0 Å². The van der Waals surface area contributed by atoms with Gasteiger partial charge in [0.25, 0.3) is 21.8 Å². The van der Waals surface area contributed by atoms with E-state index in [2.05, 4.69) is 10.4 Å². The Balaban J connectivity index is 1.46. The zero-order valence-electron chi connectivity index (χ0n) is 17.6. The first-order chi connectivity index (χ1) is 15.8. The van der Waals surface area contributed by atoms with Crippen molar-refractivity contribution in [3.8, 4) is 11.3 Å². The van der Waals surface area contributed by atoms with Crippen LogP contribution in [0.3, 0.4) is 0 Å². The molecule has 0 unspecified atom stereocenters. The molecule has 0 atom stereocenters. The zero-order valence-corrected chi connectivity index (χ0v) is 18.4. The largest absolute Gasteiger partial charge is 0.321 e. The number of nitrogens with one attached hydrogen (secondary N) is 2. The molecule has 2 N–H and O–H groups in total. The molecular formula is C24H20N4O4S. The SMILES string of the molecule is Cn1nc(-c2ccccc2)cc1C(=O)Nc1ccc(S(=O)(=O)NC(=O)c2ccccc2)cc1. The van der Waals surface area contributed by atoms with Gasteiger partial charge in [0, 0.05) is 23.9 Å². The molecule has 33 heavy (non-hydrogen) atoms. The molecule has 0 aliphatic heterocycles. The topological polar surface area (TPSA) is 110 Å². The van der Waals surface area contributed by atoms with Crippen LogP contribution in [-0.2, 0) is 17.1 Å². The first-order valence-electron chi connectivity index (χ1n) is 9.96. The number of aromatic nitrogens is 2. The van der Waals surface area contributed by atoms with Gasteiger partial charge in [0.05, 0.1) is 10.6 Å². The summed E-state index contributed by atoms with van der Waals surface area (Å²) in [5, 5.41) is 7.11. The van der Waals surface area contributed by atoms with Crippen LogP contribution in [0.15, 0.2) is 95.9 Å². The molecule has 8 nitrogen and oxygen atoms in total. The van der Waals surface area contributed by atoms with Crippen LogP contribution in [0.5, 0.6) is 0 Å². The van der Waals surface area contributed by atoms with Crippen molar-refractivity contribution < 1.29 is 18.0 Å². The molecule has 0 radical (unpaired) electrons. The summed E-state index contributed by atoms with van der Waals surface area (Å²) in [5.74, 6) is -1.11. The first-order valence-corrected chi connectivity index (χ1v) is 11.4. The molecule has 0 saturated heterocycles. The number of anilines is 1. The molecule has 4 rings (SSSR count). The highest BCUT2D eigenvalue weighted by Crippen LogP contribution is 2.20. The molecule has 166 valence electrons. The molecule has 0 aliphatic rings. The van der Waals surface area contributed by atoms with E-state index < -0.39 is 15.9 Å². The number of aryl methyl sites for hydroxylation is 1. The van der Waals surface area contributed by atoms with Gasteiger partial charge >= 0.3 is 0 Å². The van der Waals surface area contributed by atoms with Crippen LogP contribution < -0.4 is 10.0 Å². The second kappa shape index (κ2) is 9.09. The fourth-order valence-electron chi connectivity index (χ4n) is 3.17. The number of carbonyl (C=O) groups excluding carboxylic acids is 2. The van der Waals surface area contributed by atoms with Crippen molar-refractivity contribution in [1.82, 2.24) is 14.5 Å². The van der Waals surface area contributed by atoms with Gasteiger partial charge in [-0.2, -0.15) is 5.10 Å². The third-order valence-electron chi connectivity index (χ3n) is 4.87. The molecule has 0 bridgehead atoms. The van der Waals surface area contributed by atoms with E-state index in [4.69, 9.17) is 0 Å². The lowest BCUT2D eigenvalue weighted by atomic mass is 10.1. The number of carbonyl (C=O) groups is 2. The van der Waals surface area contributed by atoms with Gasteiger partial charge in [-0.15, -0.1) is 0 Å². The summed E-state index contributed by atoms with van der Waals surface area (Å²) >= 11 is 0. The van der Waals surface area contributed by atoms with Gasteiger partial charge in [0.15, 0.2) is 0 Å². The Labute approximate surface area is 190 Å². The normalized spacial score (nSPS) is 11.1. The quantitative estimate of drug-likeness (QED) is 0.458. The third-order valence-corrected chi connectivity index (χ3v) is 6.21. The number of benzene rings is 3. The molecule has 1 heterocycles. The number of rotatable bonds is 6. The lowest BCUT2D eigenvalue weighted by molar-refractivity contribution is 0.0979. The average molecular weight is 461 g/mol. The average Bonchev–Trinajstić information content (AvgIpc) is 3.22. The fraction of sp³-hybridized carbons (Fsp3) is 0.0417. The van der Waals surface area contributed by atoms with Gasteiger partial charge in [0.1, 0.15) is 5.69 Å².